The lowest BCUT2D eigenvalue weighted by Crippen LogP contribution is -2.23. The van der Waals surface area contributed by atoms with Gasteiger partial charge in [-0.1, -0.05) is 60.7 Å². The Morgan fingerprint density at radius 3 is 1.84 bits per heavy atom. The van der Waals surface area contributed by atoms with Crippen molar-refractivity contribution in [2.45, 2.75) is 13.8 Å². The second-order valence-electron chi connectivity index (χ2n) is 5.93. The second-order valence-corrected chi connectivity index (χ2v) is 5.93. The minimum atomic E-state index is 0.745. The summed E-state index contributed by atoms with van der Waals surface area (Å²) in [5, 5.41) is 9.89. The van der Waals surface area contributed by atoms with E-state index in [0.717, 1.165) is 46.6 Å². The van der Waals surface area contributed by atoms with E-state index in [1.807, 2.05) is 36.4 Å². The van der Waals surface area contributed by atoms with Crippen molar-refractivity contribution in [1.82, 2.24) is 0 Å². The predicted octanol–water partition coefficient (Wildman–Crippen LogP) is 5.74. The number of nitrogens with zero attached hydrogens (tertiary/aromatic N) is 2. The third kappa shape index (κ3) is 3.41. The number of hydrogen-bond donors (Lipinski definition) is 0. The van der Waals surface area contributed by atoms with E-state index >= 15 is 0 Å². The molecule has 124 valence electrons. The van der Waals surface area contributed by atoms with E-state index < -0.39 is 0 Å². The van der Waals surface area contributed by atoms with Crippen LogP contribution in [0.25, 0.3) is 22.3 Å². The quantitative estimate of drug-likeness (QED) is 0.598. The zero-order valence-corrected chi connectivity index (χ0v) is 14.7. The van der Waals surface area contributed by atoms with Gasteiger partial charge in [0.05, 0.1) is 11.3 Å². The fraction of sp³-hybridized carbons (Fsp3) is 0.174. The fourth-order valence-electron chi connectivity index (χ4n) is 3.20. The highest BCUT2D eigenvalue weighted by Crippen LogP contribution is 2.36. The normalized spacial score (nSPS) is 10.3. The van der Waals surface area contributed by atoms with Crippen molar-refractivity contribution in [3.05, 3.63) is 78.4 Å². The molecule has 2 nitrogen and oxygen atoms in total. The third-order valence-corrected chi connectivity index (χ3v) is 4.53. The lowest BCUT2D eigenvalue weighted by atomic mass is 9.93. The van der Waals surface area contributed by atoms with Gasteiger partial charge in [-0.05, 0) is 42.7 Å². The highest BCUT2D eigenvalue weighted by Gasteiger charge is 2.16. The monoisotopic (exact) mass is 326 g/mol. The smallest absolute Gasteiger partial charge is 0.102 e. The average molecular weight is 326 g/mol. The number of rotatable bonds is 5. The maximum absolute atomic E-state index is 9.89. The van der Waals surface area contributed by atoms with E-state index in [2.05, 4.69) is 61.2 Å². The van der Waals surface area contributed by atoms with Gasteiger partial charge in [0.25, 0.3) is 0 Å². The molecule has 0 spiro atoms. The lowest BCUT2D eigenvalue weighted by molar-refractivity contribution is 0.865. The van der Waals surface area contributed by atoms with Gasteiger partial charge in [-0.25, -0.2) is 0 Å². The maximum Gasteiger partial charge on any atom is 0.102 e. The van der Waals surface area contributed by atoms with Crippen LogP contribution in [0.2, 0.25) is 0 Å². The van der Waals surface area contributed by atoms with Crippen LogP contribution >= 0.6 is 0 Å². The Bertz CT molecular complexity index is 873. The molecular weight excluding hydrogens is 304 g/mol. The Morgan fingerprint density at radius 2 is 1.32 bits per heavy atom. The van der Waals surface area contributed by atoms with Crippen LogP contribution in [0.15, 0.2) is 72.8 Å². The topological polar surface area (TPSA) is 27.0 Å². The first-order chi connectivity index (χ1) is 12.3. The molecule has 0 atom stereocenters. The average Bonchev–Trinajstić information content (AvgIpc) is 2.69. The van der Waals surface area contributed by atoms with Crippen molar-refractivity contribution in [2.24, 2.45) is 0 Å². The summed E-state index contributed by atoms with van der Waals surface area (Å²) in [6.07, 6.45) is 0. The fourth-order valence-corrected chi connectivity index (χ4v) is 3.20. The molecule has 0 heterocycles. The van der Waals surface area contributed by atoms with Gasteiger partial charge in [0.15, 0.2) is 0 Å². The summed E-state index contributed by atoms with van der Waals surface area (Å²) >= 11 is 0. The van der Waals surface area contributed by atoms with Gasteiger partial charge in [-0.2, -0.15) is 5.26 Å². The molecule has 0 aromatic heterocycles. The standard InChI is InChI=1S/C23H22N2/c1-3-25(4-2)23-16-20(18-11-7-5-8-12-18)15-21(22(23)17-24)19-13-9-6-10-14-19/h5-16H,3-4H2,1-2H3. The maximum atomic E-state index is 9.89. The number of nitriles is 1. The van der Waals surface area contributed by atoms with Crippen LogP contribution in [-0.2, 0) is 0 Å². The Kier molecular flexibility index (Phi) is 5.16. The highest BCUT2D eigenvalue weighted by atomic mass is 15.1. The molecule has 0 aliphatic carbocycles. The van der Waals surface area contributed by atoms with Crippen molar-refractivity contribution >= 4 is 5.69 Å². The van der Waals surface area contributed by atoms with Gasteiger partial charge in [0, 0.05) is 18.7 Å². The molecule has 0 aliphatic rings. The second kappa shape index (κ2) is 7.68. The molecule has 0 N–H and O–H groups in total. The number of benzene rings is 3. The first-order valence-electron chi connectivity index (χ1n) is 8.72. The molecule has 0 saturated heterocycles. The Hall–Kier alpha value is -3.05. The van der Waals surface area contributed by atoms with E-state index in [4.69, 9.17) is 0 Å². The summed E-state index contributed by atoms with van der Waals surface area (Å²) in [7, 11) is 0. The van der Waals surface area contributed by atoms with Crippen molar-refractivity contribution in [3.63, 3.8) is 0 Å². The summed E-state index contributed by atoms with van der Waals surface area (Å²) in [5.74, 6) is 0. The van der Waals surface area contributed by atoms with Crippen molar-refractivity contribution in [3.8, 4) is 28.3 Å². The SMILES string of the molecule is CCN(CC)c1cc(-c2ccccc2)cc(-c2ccccc2)c1C#N. The molecule has 3 aromatic carbocycles. The van der Waals surface area contributed by atoms with Crippen LogP contribution in [0, 0.1) is 11.3 Å². The molecule has 0 fully saturated rings. The van der Waals surface area contributed by atoms with Crippen LogP contribution in [0.4, 0.5) is 5.69 Å². The van der Waals surface area contributed by atoms with Crippen LogP contribution in [0.1, 0.15) is 19.4 Å². The number of hydrogen-bond acceptors (Lipinski definition) is 2. The van der Waals surface area contributed by atoms with Crippen LogP contribution in [-0.4, -0.2) is 13.1 Å². The van der Waals surface area contributed by atoms with Crippen molar-refractivity contribution < 1.29 is 0 Å². The van der Waals surface area contributed by atoms with Crippen LogP contribution in [0.5, 0.6) is 0 Å². The Labute approximate surface area is 150 Å². The van der Waals surface area contributed by atoms with Gasteiger partial charge in [0.1, 0.15) is 6.07 Å². The molecule has 0 aliphatic heterocycles. The van der Waals surface area contributed by atoms with Crippen LogP contribution in [0.3, 0.4) is 0 Å². The molecule has 0 saturated carbocycles. The van der Waals surface area contributed by atoms with E-state index in [0.29, 0.717) is 0 Å². The molecule has 3 aromatic rings. The Morgan fingerprint density at radius 1 is 0.760 bits per heavy atom. The van der Waals surface area contributed by atoms with Gasteiger partial charge < -0.3 is 4.90 Å². The molecular formula is C23H22N2. The van der Waals surface area contributed by atoms with Crippen molar-refractivity contribution in [2.75, 3.05) is 18.0 Å². The van der Waals surface area contributed by atoms with Gasteiger partial charge in [-0.3, -0.25) is 0 Å². The molecule has 3 rings (SSSR count). The van der Waals surface area contributed by atoms with E-state index in [1.165, 1.54) is 0 Å². The summed E-state index contributed by atoms with van der Waals surface area (Å²) in [6, 6.07) is 27.2. The summed E-state index contributed by atoms with van der Waals surface area (Å²) in [4.78, 5) is 2.25. The van der Waals surface area contributed by atoms with Crippen LogP contribution < -0.4 is 4.90 Å². The van der Waals surface area contributed by atoms with E-state index in [-0.39, 0.29) is 0 Å². The summed E-state index contributed by atoms with van der Waals surface area (Å²) < 4.78 is 0. The first kappa shape index (κ1) is 16.8. The highest BCUT2D eigenvalue weighted by molar-refractivity contribution is 5.85. The lowest BCUT2D eigenvalue weighted by Gasteiger charge is -2.25. The minimum absolute atomic E-state index is 0.745. The van der Waals surface area contributed by atoms with Gasteiger partial charge in [0.2, 0.25) is 0 Å². The van der Waals surface area contributed by atoms with Gasteiger partial charge >= 0.3 is 0 Å². The first-order valence-corrected chi connectivity index (χ1v) is 8.72. The van der Waals surface area contributed by atoms with Gasteiger partial charge in [-0.15, -0.1) is 0 Å². The molecule has 0 radical (unpaired) electrons. The summed E-state index contributed by atoms with van der Waals surface area (Å²) in [5.41, 5.74) is 6.12. The molecule has 2 heteroatoms. The summed E-state index contributed by atoms with van der Waals surface area (Å²) in [6.45, 7) is 6.00. The molecule has 25 heavy (non-hydrogen) atoms. The molecule has 0 unspecified atom stereocenters. The van der Waals surface area contributed by atoms with E-state index in [1.54, 1.807) is 0 Å². The Balaban J connectivity index is 2.29. The predicted molar refractivity (Wildman–Crippen MR) is 106 cm³/mol. The minimum Gasteiger partial charge on any atom is -0.371 e. The number of anilines is 1. The molecule has 0 bridgehead atoms. The zero-order valence-electron chi connectivity index (χ0n) is 14.7. The largest absolute Gasteiger partial charge is 0.371 e. The van der Waals surface area contributed by atoms with Crippen molar-refractivity contribution in [1.29, 1.82) is 5.26 Å². The van der Waals surface area contributed by atoms with E-state index in [9.17, 15) is 5.26 Å². The third-order valence-electron chi connectivity index (χ3n) is 4.53. The zero-order chi connectivity index (χ0) is 17.6. The molecule has 0 amide bonds.